The fourth-order valence-corrected chi connectivity index (χ4v) is 2.72. The van der Waals surface area contributed by atoms with Crippen molar-refractivity contribution in [1.82, 2.24) is 9.88 Å². The quantitative estimate of drug-likeness (QED) is 0.502. The first-order valence-electron chi connectivity index (χ1n) is 8.84. The van der Waals surface area contributed by atoms with Crippen molar-refractivity contribution < 1.29 is 19.1 Å². The van der Waals surface area contributed by atoms with Crippen molar-refractivity contribution in [2.24, 2.45) is 5.92 Å². The topological polar surface area (TPSA) is 76.6 Å². The van der Waals surface area contributed by atoms with Crippen LogP contribution in [0, 0.1) is 5.92 Å². The third-order valence-electron chi connectivity index (χ3n) is 4.21. The van der Waals surface area contributed by atoms with Gasteiger partial charge in [0.25, 0.3) is 0 Å². The first-order valence-corrected chi connectivity index (χ1v) is 8.84. The van der Waals surface area contributed by atoms with Gasteiger partial charge in [-0.15, -0.1) is 0 Å². The second-order valence-corrected chi connectivity index (χ2v) is 6.35. The number of esters is 1. The van der Waals surface area contributed by atoms with Crippen molar-refractivity contribution in [3.63, 3.8) is 0 Å². The van der Waals surface area contributed by atoms with E-state index in [1.54, 1.807) is 54.5 Å². The van der Waals surface area contributed by atoms with Crippen LogP contribution in [0.15, 0.2) is 54.9 Å². The van der Waals surface area contributed by atoms with Gasteiger partial charge in [0.2, 0.25) is 5.91 Å². The van der Waals surface area contributed by atoms with Crippen LogP contribution in [0.25, 0.3) is 0 Å². The highest BCUT2D eigenvalue weighted by Crippen LogP contribution is 2.12. The van der Waals surface area contributed by atoms with E-state index < -0.39 is 5.92 Å². The zero-order valence-electron chi connectivity index (χ0n) is 15.6. The summed E-state index contributed by atoms with van der Waals surface area (Å²) in [5.41, 5.74) is 1.45. The van der Waals surface area contributed by atoms with Crippen molar-refractivity contribution >= 4 is 17.7 Å². The van der Waals surface area contributed by atoms with Crippen LogP contribution in [-0.4, -0.2) is 41.2 Å². The molecule has 2 rings (SSSR count). The largest absolute Gasteiger partial charge is 0.469 e. The Hall–Kier alpha value is -3.02. The summed E-state index contributed by atoms with van der Waals surface area (Å²) in [6.07, 6.45) is 3.55. The number of methoxy groups -OCH3 is 1. The summed E-state index contributed by atoms with van der Waals surface area (Å²) in [5.74, 6) is -1.09. The highest BCUT2D eigenvalue weighted by Gasteiger charge is 2.22. The van der Waals surface area contributed by atoms with Gasteiger partial charge < -0.3 is 9.64 Å². The summed E-state index contributed by atoms with van der Waals surface area (Å²) in [5, 5.41) is 0. The Morgan fingerprint density at radius 3 is 2.44 bits per heavy atom. The molecule has 1 amide bonds. The SMILES string of the molecule is COC(=O)C(C)CN(Cc1cccnc1)C(=O)CCC(=O)c1ccccc1. The standard InChI is InChI=1S/C21H24N2O4/c1-16(21(26)27-2)14-23(15-17-7-6-12-22-13-17)20(25)11-10-19(24)18-8-4-3-5-9-18/h3-9,12-13,16H,10-11,14-15H2,1-2H3. The van der Waals surface area contributed by atoms with Gasteiger partial charge in [-0.05, 0) is 11.6 Å². The molecule has 0 fully saturated rings. The average molecular weight is 368 g/mol. The number of hydrogen-bond donors (Lipinski definition) is 0. The van der Waals surface area contributed by atoms with Gasteiger partial charge in [0, 0.05) is 43.9 Å². The summed E-state index contributed by atoms with van der Waals surface area (Å²) >= 11 is 0. The number of rotatable bonds is 9. The zero-order chi connectivity index (χ0) is 19.6. The number of hydrogen-bond acceptors (Lipinski definition) is 5. The van der Waals surface area contributed by atoms with Crippen LogP contribution in [0.4, 0.5) is 0 Å². The highest BCUT2D eigenvalue weighted by molar-refractivity contribution is 5.97. The summed E-state index contributed by atoms with van der Waals surface area (Å²) < 4.78 is 4.76. The van der Waals surface area contributed by atoms with Gasteiger partial charge in [0.05, 0.1) is 13.0 Å². The summed E-state index contributed by atoms with van der Waals surface area (Å²) in [6, 6.07) is 12.6. The van der Waals surface area contributed by atoms with Gasteiger partial charge in [0.15, 0.2) is 5.78 Å². The highest BCUT2D eigenvalue weighted by atomic mass is 16.5. The Morgan fingerprint density at radius 2 is 1.81 bits per heavy atom. The molecule has 6 heteroatoms. The second kappa shape index (κ2) is 10.2. The minimum atomic E-state index is -0.458. The van der Waals surface area contributed by atoms with E-state index in [-0.39, 0.29) is 37.0 Å². The Labute approximate surface area is 159 Å². The van der Waals surface area contributed by atoms with Crippen molar-refractivity contribution in [3.05, 3.63) is 66.0 Å². The molecule has 6 nitrogen and oxygen atoms in total. The summed E-state index contributed by atoms with van der Waals surface area (Å²) in [4.78, 5) is 42.4. The van der Waals surface area contributed by atoms with Crippen molar-refractivity contribution in [1.29, 1.82) is 0 Å². The normalized spacial score (nSPS) is 11.5. The molecule has 2 aromatic rings. The molecule has 0 N–H and O–H groups in total. The number of amides is 1. The lowest BCUT2D eigenvalue weighted by Gasteiger charge is -2.25. The summed E-state index contributed by atoms with van der Waals surface area (Å²) in [6.45, 7) is 2.26. The second-order valence-electron chi connectivity index (χ2n) is 6.35. The van der Waals surface area contributed by atoms with Crippen molar-refractivity contribution in [3.8, 4) is 0 Å². The number of nitrogens with zero attached hydrogens (tertiary/aromatic N) is 2. The van der Waals surface area contributed by atoms with Gasteiger partial charge in [-0.25, -0.2) is 0 Å². The molecule has 1 aromatic carbocycles. The lowest BCUT2D eigenvalue weighted by molar-refractivity contribution is -0.146. The predicted molar refractivity (Wildman–Crippen MR) is 101 cm³/mol. The number of Topliss-reactive ketones (excluding diaryl/α,β-unsaturated/α-hetero) is 1. The molecule has 1 aromatic heterocycles. The molecule has 0 bridgehead atoms. The predicted octanol–water partition coefficient (Wildman–Crippen LogP) is 2.88. The van der Waals surface area contributed by atoms with Gasteiger partial charge in [-0.1, -0.05) is 43.3 Å². The minimum absolute atomic E-state index is 0.0775. The van der Waals surface area contributed by atoms with E-state index in [2.05, 4.69) is 4.98 Å². The van der Waals surface area contributed by atoms with Crippen LogP contribution < -0.4 is 0 Å². The van der Waals surface area contributed by atoms with Gasteiger partial charge >= 0.3 is 5.97 Å². The first kappa shape index (κ1) is 20.3. The van der Waals surface area contributed by atoms with E-state index in [9.17, 15) is 14.4 Å². The molecule has 0 aliphatic carbocycles. The van der Waals surface area contributed by atoms with Crippen LogP contribution in [0.2, 0.25) is 0 Å². The molecule has 142 valence electrons. The van der Waals surface area contributed by atoms with Crippen LogP contribution in [-0.2, 0) is 20.9 Å². The average Bonchev–Trinajstić information content (AvgIpc) is 2.71. The maximum Gasteiger partial charge on any atom is 0.310 e. The molecule has 0 saturated heterocycles. The van der Waals surface area contributed by atoms with E-state index in [0.717, 1.165) is 5.56 Å². The number of aromatic nitrogens is 1. The Morgan fingerprint density at radius 1 is 1.07 bits per heavy atom. The fraction of sp³-hybridized carbons (Fsp3) is 0.333. The molecule has 0 radical (unpaired) electrons. The van der Waals surface area contributed by atoms with Gasteiger partial charge in [0.1, 0.15) is 0 Å². The smallest absolute Gasteiger partial charge is 0.310 e. The number of carbonyl (C=O) groups excluding carboxylic acids is 3. The molecule has 27 heavy (non-hydrogen) atoms. The van der Waals surface area contributed by atoms with E-state index >= 15 is 0 Å². The number of benzene rings is 1. The number of pyridine rings is 1. The van der Waals surface area contributed by atoms with Crippen molar-refractivity contribution in [2.75, 3.05) is 13.7 Å². The Bertz CT molecular complexity index is 762. The number of carbonyl (C=O) groups is 3. The Balaban J connectivity index is 2.03. The fourth-order valence-electron chi connectivity index (χ4n) is 2.72. The zero-order valence-corrected chi connectivity index (χ0v) is 15.6. The van der Waals surface area contributed by atoms with Crippen LogP contribution in [0.1, 0.15) is 35.7 Å². The maximum atomic E-state index is 12.7. The molecule has 0 spiro atoms. The summed E-state index contributed by atoms with van der Waals surface area (Å²) in [7, 11) is 1.32. The lowest BCUT2D eigenvalue weighted by atomic mass is 10.1. The van der Waals surface area contributed by atoms with Crippen LogP contribution in [0.5, 0.6) is 0 Å². The Kier molecular flexibility index (Phi) is 7.67. The lowest BCUT2D eigenvalue weighted by Crippen LogP contribution is -2.37. The molecule has 0 aliphatic heterocycles. The van der Waals surface area contributed by atoms with E-state index in [1.807, 2.05) is 12.1 Å². The maximum absolute atomic E-state index is 12.7. The molecular weight excluding hydrogens is 344 g/mol. The molecular formula is C21H24N2O4. The van der Waals surface area contributed by atoms with Crippen LogP contribution in [0.3, 0.4) is 0 Å². The third kappa shape index (κ3) is 6.33. The van der Waals surface area contributed by atoms with Gasteiger partial charge in [-0.3, -0.25) is 19.4 Å². The van der Waals surface area contributed by atoms with Gasteiger partial charge in [-0.2, -0.15) is 0 Å². The monoisotopic (exact) mass is 368 g/mol. The van der Waals surface area contributed by atoms with E-state index in [1.165, 1.54) is 7.11 Å². The first-order chi connectivity index (χ1) is 13.0. The van der Waals surface area contributed by atoms with E-state index in [4.69, 9.17) is 4.74 Å². The molecule has 1 unspecified atom stereocenters. The van der Waals surface area contributed by atoms with Crippen LogP contribution >= 0.6 is 0 Å². The molecule has 0 aliphatic rings. The third-order valence-corrected chi connectivity index (χ3v) is 4.21. The number of ketones is 1. The molecule has 1 atom stereocenters. The minimum Gasteiger partial charge on any atom is -0.469 e. The molecule has 0 saturated carbocycles. The molecule has 1 heterocycles. The number of ether oxygens (including phenoxy) is 1. The van der Waals surface area contributed by atoms with Crippen molar-refractivity contribution in [2.45, 2.75) is 26.3 Å². The van der Waals surface area contributed by atoms with E-state index in [0.29, 0.717) is 12.1 Å².